The summed E-state index contributed by atoms with van der Waals surface area (Å²) >= 11 is 2.76. The fourth-order valence-corrected chi connectivity index (χ4v) is 6.92. The number of nitrogens with zero attached hydrogens (tertiary/aromatic N) is 1. The van der Waals surface area contributed by atoms with Gasteiger partial charge in [-0.05, 0) is 36.4 Å². The van der Waals surface area contributed by atoms with Gasteiger partial charge in [0, 0.05) is 30.3 Å². The number of hydrogen-bond donors (Lipinski definition) is 2. The Balaban J connectivity index is 1.66. The smallest absolute Gasteiger partial charge is 0.263 e. The van der Waals surface area contributed by atoms with E-state index in [0.717, 1.165) is 34.0 Å². The average Bonchev–Trinajstić information content (AvgIpc) is 3.21. The van der Waals surface area contributed by atoms with Crippen LogP contribution in [0.5, 0.6) is 0 Å². The molecule has 1 aliphatic rings. The van der Waals surface area contributed by atoms with E-state index < -0.39 is 15.9 Å². The van der Waals surface area contributed by atoms with Gasteiger partial charge in [0.05, 0.1) is 6.54 Å². The molecule has 0 unspecified atom stereocenters. The second-order valence-electron chi connectivity index (χ2n) is 6.63. The molecule has 29 heavy (non-hydrogen) atoms. The number of benzene rings is 1. The molecule has 1 aromatic heterocycles. The number of carbonyl (C=O) groups is 2. The van der Waals surface area contributed by atoms with Gasteiger partial charge in [0.1, 0.15) is 9.77 Å². The minimum Gasteiger partial charge on any atom is -0.342 e. The minimum absolute atomic E-state index is 0.00190. The van der Waals surface area contributed by atoms with E-state index >= 15 is 0 Å². The summed E-state index contributed by atoms with van der Waals surface area (Å²) in [6, 6.07) is 7.14. The van der Waals surface area contributed by atoms with Crippen LogP contribution < -0.4 is 10.6 Å². The molecule has 2 amide bonds. The maximum absolute atomic E-state index is 12.9. The fraction of sp³-hybridized carbons (Fsp3) is 0.368. The molecule has 0 radical (unpaired) electrons. The molecule has 7 nitrogen and oxygen atoms in total. The molecule has 2 N–H and O–H groups in total. The van der Waals surface area contributed by atoms with Crippen molar-refractivity contribution in [3.63, 3.8) is 0 Å². The highest BCUT2D eigenvalue weighted by Gasteiger charge is 2.31. The predicted octanol–water partition coefficient (Wildman–Crippen LogP) is 2.47. The zero-order valence-electron chi connectivity index (χ0n) is 16.2. The highest BCUT2D eigenvalue weighted by Crippen LogP contribution is 2.27. The molecule has 3 rings (SSSR count). The molecule has 0 atom stereocenters. The molecule has 0 bridgehead atoms. The van der Waals surface area contributed by atoms with Gasteiger partial charge in [0.25, 0.3) is 5.91 Å². The summed E-state index contributed by atoms with van der Waals surface area (Å²) in [6.07, 6.45) is 0. The van der Waals surface area contributed by atoms with Crippen molar-refractivity contribution in [3.8, 4) is 0 Å². The van der Waals surface area contributed by atoms with E-state index in [9.17, 15) is 18.0 Å². The van der Waals surface area contributed by atoms with Crippen LogP contribution in [0.25, 0.3) is 0 Å². The van der Waals surface area contributed by atoms with E-state index in [1.54, 1.807) is 17.1 Å². The first-order valence-electron chi connectivity index (χ1n) is 9.10. The Morgan fingerprint density at radius 3 is 2.41 bits per heavy atom. The van der Waals surface area contributed by atoms with Gasteiger partial charge in [-0.1, -0.05) is 18.2 Å². The first-order chi connectivity index (χ1) is 13.8. The number of para-hydroxylation sites is 1. The zero-order valence-corrected chi connectivity index (χ0v) is 18.7. The molecule has 1 fully saturated rings. The summed E-state index contributed by atoms with van der Waals surface area (Å²) in [5.41, 5.74) is 2.57. The summed E-state index contributed by atoms with van der Waals surface area (Å²) in [6.45, 7) is 4.40. The minimum atomic E-state index is -3.72. The van der Waals surface area contributed by atoms with Crippen molar-refractivity contribution in [3.05, 3.63) is 45.6 Å². The molecule has 0 spiro atoms. The number of sulfonamides is 1. The van der Waals surface area contributed by atoms with Crippen LogP contribution in [0, 0.1) is 13.8 Å². The van der Waals surface area contributed by atoms with Crippen LogP contribution in [0.4, 0.5) is 5.69 Å². The molecule has 2 heterocycles. The van der Waals surface area contributed by atoms with Crippen LogP contribution in [-0.4, -0.2) is 55.7 Å². The fourth-order valence-electron chi connectivity index (χ4n) is 3.03. The lowest BCUT2D eigenvalue weighted by Gasteiger charge is -2.25. The second-order valence-corrected chi connectivity index (χ2v) is 10.7. The molecule has 1 aromatic carbocycles. The third-order valence-corrected chi connectivity index (χ3v) is 8.50. The van der Waals surface area contributed by atoms with Crippen molar-refractivity contribution in [2.75, 3.05) is 36.5 Å². The van der Waals surface area contributed by atoms with E-state index in [1.165, 1.54) is 10.4 Å². The van der Waals surface area contributed by atoms with Crippen LogP contribution in [0.1, 0.15) is 20.8 Å². The Morgan fingerprint density at radius 2 is 1.76 bits per heavy atom. The van der Waals surface area contributed by atoms with Gasteiger partial charge in [-0.3, -0.25) is 9.59 Å². The first kappa shape index (κ1) is 21.8. The summed E-state index contributed by atoms with van der Waals surface area (Å²) in [5, 5.41) is 6.91. The van der Waals surface area contributed by atoms with Crippen molar-refractivity contribution in [2.24, 2.45) is 0 Å². The van der Waals surface area contributed by atoms with Gasteiger partial charge >= 0.3 is 0 Å². The van der Waals surface area contributed by atoms with Gasteiger partial charge in [0.15, 0.2) is 0 Å². The normalized spacial score (nSPS) is 15.1. The van der Waals surface area contributed by atoms with Crippen molar-refractivity contribution in [1.29, 1.82) is 0 Å². The Bertz CT molecular complexity index is 991. The Hall–Kier alpha value is -1.88. The van der Waals surface area contributed by atoms with Crippen LogP contribution in [0.15, 0.2) is 34.5 Å². The van der Waals surface area contributed by atoms with Crippen LogP contribution in [0.2, 0.25) is 0 Å². The van der Waals surface area contributed by atoms with Crippen molar-refractivity contribution >= 4 is 50.6 Å². The number of carbonyl (C=O) groups excluding carboxylic acids is 2. The number of hydrogen-bond acceptors (Lipinski definition) is 6. The van der Waals surface area contributed by atoms with Gasteiger partial charge in [-0.25, -0.2) is 8.42 Å². The highest BCUT2D eigenvalue weighted by atomic mass is 32.2. The Kier molecular flexibility index (Phi) is 6.99. The van der Waals surface area contributed by atoms with Crippen LogP contribution in [0.3, 0.4) is 0 Å². The lowest BCUT2D eigenvalue weighted by molar-refractivity contribution is -0.115. The number of amides is 2. The average molecular weight is 454 g/mol. The van der Waals surface area contributed by atoms with Gasteiger partial charge in [-0.15, -0.1) is 11.3 Å². The molecule has 1 saturated heterocycles. The monoisotopic (exact) mass is 453 g/mol. The number of nitrogens with one attached hydrogen (secondary N) is 2. The largest absolute Gasteiger partial charge is 0.342 e. The molecule has 0 aliphatic carbocycles. The van der Waals surface area contributed by atoms with Crippen LogP contribution >= 0.6 is 23.1 Å². The quantitative estimate of drug-likeness (QED) is 0.701. The summed E-state index contributed by atoms with van der Waals surface area (Å²) in [5.74, 6) is 0.540. The molecular formula is C19H23N3O4S3. The lowest BCUT2D eigenvalue weighted by Crippen LogP contribution is -2.39. The zero-order chi connectivity index (χ0) is 21.0. The van der Waals surface area contributed by atoms with E-state index in [2.05, 4.69) is 10.6 Å². The third kappa shape index (κ3) is 5.00. The van der Waals surface area contributed by atoms with Crippen LogP contribution in [-0.2, 0) is 14.8 Å². The summed E-state index contributed by atoms with van der Waals surface area (Å²) in [4.78, 5) is 24.9. The molecule has 2 aromatic rings. The Morgan fingerprint density at radius 1 is 1.10 bits per heavy atom. The topological polar surface area (TPSA) is 95.6 Å². The summed E-state index contributed by atoms with van der Waals surface area (Å²) < 4.78 is 27.2. The number of aryl methyl sites for hydroxylation is 2. The van der Waals surface area contributed by atoms with Crippen molar-refractivity contribution in [2.45, 2.75) is 18.7 Å². The Labute approximate surface area is 178 Å². The highest BCUT2D eigenvalue weighted by molar-refractivity contribution is 7.99. The number of thioether (sulfide) groups is 1. The number of thiophene rings is 1. The third-order valence-electron chi connectivity index (χ3n) is 4.58. The predicted molar refractivity (Wildman–Crippen MR) is 117 cm³/mol. The SMILES string of the molecule is Cc1cccc(C)c1NC(=O)CNC(=O)c1sccc1S(=O)(=O)N1CCSCC1. The molecule has 156 valence electrons. The van der Waals surface area contributed by atoms with Gasteiger partial charge in [0.2, 0.25) is 15.9 Å². The van der Waals surface area contributed by atoms with E-state index in [-0.39, 0.29) is 22.2 Å². The standard InChI is InChI=1S/C19H23N3O4S3/c1-13-4-3-5-14(2)17(13)21-16(23)12-20-19(24)18-15(6-9-28-18)29(25,26)22-7-10-27-11-8-22/h3-6,9H,7-8,10-12H2,1-2H3,(H,20,24)(H,21,23). The molecule has 1 aliphatic heterocycles. The molecular weight excluding hydrogens is 430 g/mol. The van der Waals surface area contributed by atoms with Crippen molar-refractivity contribution < 1.29 is 18.0 Å². The maximum Gasteiger partial charge on any atom is 0.263 e. The maximum atomic E-state index is 12.9. The molecule has 0 saturated carbocycles. The van der Waals surface area contributed by atoms with E-state index in [4.69, 9.17) is 0 Å². The van der Waals surface area contributed by atoms with E-state index in [1.807, 2.05) is 32.0 Å². The second kappa shape index (κ2) is 9.29. The van der Waals surface area contributed by atoms with Gasteiger partial charge < -0.3 is 10.6 Å². The number of anilines is 1. The number of rotatable bonds is 6. The van der Waals surface area contributed by atoms with Gasteiger partial charge in [-0.2, -0.15) is 16.1 Å². The lowest BCUT2D eigenvalue weighted by atomic mass is 10.1. The van der Waals surface area contributed by atoms with E-state index in [0.29, 0.717) is 18.8 Å². The summed E-state index contributed by atoms with van der Waals surface area (Å²) in [7, 11) is -3.72. The van der Waals surface area contributed by atoms with Crippen molar-refractivity contribution in [1.82, 2.24) is 9.62 Å². The first-order valence-corrected chi connectivity index (χ1v) is 12.6. The molecule has 10 heteroatoms.